The number of nitrogens with one attached hydrogen (secondary N) is 1. The molecule has 34 heavy (non-hydrogen) atoms. The molecule has 0 saturated heterocycles. The van der Waals surface area contributed by atoms with Gasteiger partial charge in [0, 0.05) is 23.7 Å². The van der Waals surface area contributed by atoms with Crippen molar-refractivity contribution in [1.82, 2.24) is 15.3 Å². The van der Waals surface area contributed by atoms with Crippen molar-refractivity contribution in [3.05, 3.63) is 124 Å². The number of amides is 1. The lowest BCUT2D eigenvalue weighted by Gasteiger charge is -2.21. The van der Waals surface area contributed by atoms with Crippen molar-refractivity contribution in [3.63, 3.8) is 0 Å². The Bertz CT molecular complexity index is 1250. The molecule has 4 rings (SSSR count). The summed E-state index contributed by atoms with van der Waals surface area (Å²) in [6, 6.07) is 23.3. The van der Waals surface area contributed by atoms with Gasteiger partial charge in [-0.15, -0.1) is 0 Å². The molecule has 2 heterocycles. The molecule has 0 aliphatic rings. The van der Waals surface area contributed by atoms with Gasteiger partial charge in [-0.25, -0.2) is 0 Å². The van der Waals surface area contributed by atoms with Crippen LogP contribution in [-0.4, -0.2) is 15.9 Å². The number of hydrogen-bond donors (Lipinski definition) is 1. The van der Waals surface area contributed by atoms with Gasteiger partial charge in [0.2, 0.25) is 5.91 Å². The van der Waals surface area contributed by atoms with E-state index in [2.05, 4.69) is 21.4 Å². The van der Waals surface area contributed by atoms with Gasteiger partial charge in [0.25, 0.3) is 0 Å². The number of pyridine rings is 2. The molecule has 172 valence electrons. The summed E-state index contributed by atoms with van der Waals surface area (Å²) in [7, 11) is 0. The van der Waals surface area contributed by atoms with Crippen molar-refractivity contribution in [2.45, 2.75) is 39.8 Å². The molecule has 0 aliphatic carbocycles. The Morgan fingerprint density at radius 3 is 2.41 bits per heavy atom. The van der Waals surface area contributed by atoms with Gasteiger partial charge in [-0.05, 0) is 61.2 Å². The zero-order chi connectivity index (χ0) is 23.9. The second kappa shape index (κ2) is 10.8. The molecule has 0 aliphatic heterocycles. The van der Waals surface area contributed by atoms with Crippen LogP contribution >= 0.6 is 0 Å². The molecule has 0 saturated carbocycles. The number of carbonyl (C=O) groups excluding carboxylic acids is 1. The highest BCUT2D eigenvalue weighted by molar-refractivity contribution is 5.79. The fourth-order valence-electron chi connectivity index (χ4n) is 3.92. The summed E-state index contributed by atoms with van der Waals surface area (Å²) >= 11 is 0. The Labute approximate surface area is 200 Å². The SMILES string of the molecule is Cc1cnc(C(NC(=O)Cc2ccc(OCc3cccnc3C)cc2)c2ccccc2)c(C)c1. The zero-order valence-corrected chi connectivity index (χ0v) is 19.8. The Morgan fingerprint density at radius 1 is 0.941 bits per heavy atom. The average molecular weight is 452 g/mol. The van der Waals surface area contributed by atoms with Crippen LogP contribution in [-0.2, 0) is 17.8 Å². The van der Waals surface area contributed by atoms with E-state index in [9.17, 15) is 4.79 Å². The fraction of sp³-hybridized carbons (Fsp3) is 0.207. The van der Waals surface area contributed by atoms with Gasteiger partial charge in [0.05, 0.1) is 18.2 Å². The summed E-state index contributed by atoms with van der Waals surface area (Å²) in [6.07, 6.45) is 3.89. The van der Waals surface area contributed by atoms with Gasteiger partial charge < -0.3 is 10.1 Å². The third-order valence-corrected chi connectivity index (χ3v) is 5.77. The summed E-state index contributed by atoms with van der Waals surface area (Å²) in [5, 5.41) is 3.19. The van der Waals surface area contributed by atoms with Crippen LogP contribution in [0.15, 0.2) is 85.2 Å². The standard InChI is InChI=1S/C29H29N3O2/c1-20-16-21(2)28(31-18-20)29(24-8-5-4-6-9-24)32-27(33)17-23-11-13-26(14-12-23)34-19-25-10-7-15-30-22(25)3/h4-16,18,29H,17,19H2,1-3H3,(H,32,33). The van der Waals surface area contributed by atoms with Gasteiger partial charge >= 0.3 is 0 Å². The number of aromatic nitrogens is 2. The van der Waals surface area contributed by atoms with Crippen LogP contribution in [0.25, 0.3) is 0 Å². The van der Waals surface area contributed by atoms with Gasteiger partial charge in [0.1, 0.15) is 12.4 Å². The van der Waals surface area contributed by atoms with E-state index in [-0.39, 0.29) is 18.4 Å². The molecule has 1 N–H and O–H groups in total. The van der Waals surface area contributed by atoms with Crippen LogP contribution in [0.4, 0.5) is 0 Å². The Hall–Kier alpha value is -3.99. The van der Waals surface area contributed by atoms with Gasteiger partial charge in [-0.3, -0.25) is 14.8 Å². The van der Waals surface area contributed by atoms with E-state index in [1.807, 2.05) is 93.7 Å². The summed E-state index contributed by atoms with van der Waals surface area (Å²) in [6.45, 7) is 6.48. The molecular weight excluding hydrogens is 422 g/mol. The van der Waals surface area contributed by atoms with Crippen LogP contribution in [0.2, 0.25) is 0 Å². The number of benzene rings is 2. The lowest BCUT2D eigenvalue weighted by Crippen LogP contribution is -2.31. The van der Waals surface area contributed by atoms with Crippen molar-refractivity contribution in [2.75, 3.05) is 0 Å². The molecular formula is C29H29N3O2. The van der Waals surface area contributed by atoms with Gasteiger partial charge in [-0.2, -0.15) is 0 Å². The van der Waals surface area contributed by atoms with Crippen LogP contribution < -0.4 is 10.1 Å². The largest absolute Gasteiger partial charge is 0.489 e. The first-order valence-electron chi connectivity index (χ1n) is 11.4. The van der Waals surface area contributed by atoms with E-state index in [1.165, 1.54) is 0 Å². The minimum atomic E-state index is -0.306. The Kier molecular flexibility index (Phi) is 7.33. The monoisotopic (exact) mass is 451 g/mol. The van der Waals surface area contributed by atoms with E-state index >= 15 is 0 Å². The highest BCUT2D eigenvalue weighted by Gasteiger charge is 2.20. The second-order valence-electron chi connectivity index (χ2n) is 8.48. The topological polar surface area (TPSA) is 64.1 Å². The van der Waals surface area contributed by atoms with Crippen LogP contribution in [0.5, 0.6) is 5.75 Å². The minimum absolute atomic E-state index is 0.0599. The van der Waals surface area contributed by atoms with Gasteiger partial charge in [-0.1, -0.05) is 54.6 Å². The molecule has 2 aromatic heterocycles. The van der Waals surface area contributed by atoms with Crippen LogP contribution in [0.1, 0.15) is 45.2 Å². The molecule has 1 unspecified atom stereocenters. The molecule has 5 nitrogen and oxygen atoms in total. The lowest BCUT2D eigenvalue weighted by atomic mass is 9.98. The molecule has 1 atom stereocenters. The van der Waals surface area contributed by atoms with E-state index < -0.39 is 0 Å². The fourth-order valence-corrected chi connectivity index (χ4v) is 3.92. The molecule has 2 aromatic carbocycles. The van der Waals surface area contributed by atoms with Crippen molar-refractivity contribution < 1.29 is 9.53 Å². The number of rotatable bonds is 8. The van der Waals surface area contributed by atoms with Crippen molar-refractivity contribution >= 4 is 5.91 Å². The quantitative estimate of drug-likeness (QED) is 0.388. The van der Waals surface area contributed by atoms with E-state index in [4.69, 9.17) is 4.74 Å². The molecule has 0 fully saturated rings. The Balaban J connectivity index is 1.43. The number of aryl methyl sites for hydroxylation is 3. The number of ether oxygens (including phenoxy) is 1. The van der Waals surface area contributed by atoms with Crippen molar-refractivity contribution in [3.8, 4) is 5.75 Å². The van der Waals surface area contributed by atoms with E-state index in [0.29, 0.717) is 6.61 Å². The lowest BCUT2D eigenvalue weighted by molar-refractivity contribution is -0.121. The maximum absolute atomic E-state index is 13.0. The number of nitrogens with zero attached hydrogens (tertiary/aromatic N) is 2. The number of hydrogen-bond acceptors (Lipinski definition) is 4. The highest BCUT2D eigenvalue weighted by Crippen LogP contribution is 2.24. The summed E-state index contributed by atoms with van der Waals surface area (Å²) < 4.78 is 5.89. The second-order valence-corrected chi connectivity index (χ2v) is 8.48. The van der Waals surface area contributed by atoms with Gasteiger partial charge in [0.15, 0.2) is 0 Å². The van der Waals surface area contributed by atoms with Crippen LogP contribution in [0, 0.1) is 20.8 Å². The maximum Gasteiger partial charge on any atom is 0.225 e. The Morgan fingerprint density at radius 2 is 1.71 bits per heavy atom. The predicted octanol–water partition coefficient (Wildman–Crippen LogP) is 5.43. The minimum Gasteiger partial charge on any atom is -0.489 e. The normalized spacial score (nSPS) is 11.6. The first kappa shape index (κ1) is 23.2. The van der Waals surface area contributed by atoms with Crippen molar-refractivity contribution in [1.29, 1.82) is 0 Å². The highest BCUT2D eigenvalue weighted by atomic mass is 16.5. The summed E-state index contributed by atoms with van der Waals surface area (Å²) in [5.41, 5.74) is 6.95. The smallest absolute Gasteiger partial charge is 0.225 e. The van der Waals surface area contributed by atoms with Crippen molar-refractivity contribution in [2.24, 2.45) is 0 Å². The zero-order valence-electron chi connectivity index (χ0n) is 19.8. The first-order valence-corrected chi connectivity index (χ1v) is 11.4. The molecule has 1 amide bonds. The molecule has 0 radical (unpaired) electrons. The van der Waals surface area contributed by atoms with E-state index in [0.717, 1.165) is 45.0 Å². The predicted molar refractivity (Wildman–Crippen MR) is 134 cm³/mol. The molecule has 0 spiro atoms. The third-order valence-electron chi connectivity index (χ3n) is 5.77. The molecule has 0 bridgehead atoms. The maximum atomic E-state index is 13.0. The average Bonchev–Trinajstić information content (AvgIpc) is 2.84. The van der Waals surface area contributed by atoms with E-state index in [1.54, 1.807) is 6.20 Å². The summed E-state index contributed by atoms with van der Waals surface area (Å²) in [5.74, 6) is 0.698. The first-order chi connectivity index (χ1) is 16.5. The van der Waals surface area contributed by atoms with Crippen LogP contribution in [0.3, 0.4) is 0 Å². The summed E-state index contributed by atoms with van der Waals surface area (Å²) in [4.78, 5) is 21.9. The number of carbonyl (C=O) groups is 1. The molecule has 5 heteroatoms. The molecule has 4 aromatic rings. The third kappa shape index (κ3) is 5.87.